The van der Waals surface area contributed by atoms with Gasteiger partial charge in [-0.25, -0.2) is 0 Å². The Morgan fingerprint density at radius 3 is 3.05 bits per heavy atom. The molecule has 20 heavy (non-hydrogen) atoms. The lowest BCUT2D eigenvalue weighted by atomic mass is 9.75. The largest absolute Gasteiger partial charge is 0.388 e. The van der Waals surface area contributed by atoms with Gasteiger partial charge in [0.2, 0.25) is 0 Å². The molecule has 3 rings (SSSR count). The highest BCUT2D eigenvalue weighted by Crippen LogP contribution is 2.40. The Balaban J connectivity index is 1.96. The van der Waals surface area contributed by atoms with Gasteiger partial charge in [0, 0.05) is 30.1 Å². The van der Waals surface area contributed by atoms with E-state index in [2.05, 4.69) is 4.98 Å². The van der Waals surface area contributed by atoms with E-state index in [0.717, 1.165) is 35.9 Å². The number of aliphatic hydroxyl groups is 1. The zero-order chi connectivity index (χ0) is 14.0. The third-order valence-electron chi connectivity index (χ3n) is 4.28. The van der Waals surface area contributed by atoms with Gasteiger partial charge < -0.3 is 15.6 Å². The summed E-state index contributed by atoms with van der Waals surface area (Å²) < 4.78 is 5.55. The van der Waals surface area contributed by atoms with Crippen molar-refractivity contribution in [2.45, 2.75) is 18.9 Å². The van der Waals surface area contributed by atoms with Crippen LogP contribution in [-0.4, -0.2) is 29.8 Å². The SMILES string of the molecule is NCC1(C(O)c2ccc3ncccc3c2)CCCOC1. The molecule has 1 saturated heterocycles. The summed E-state index contributed by atoms with van der Waals surface area (Å²) in [4.78, 5) is 4.30. The fourth-order valence-electron chi connectivity index (χ4n) is 2.98. The van der Waals surface area contributed by atoms with Crippen molar-refractivity contribution in [3.8, 4) is 0 Å². The van der Waals surface area contributed by atoms with Gasteiger partial charge in [-0.15, -0.1) is 0 Å². The molecule has 1 aromatic carbocycles. The van der Waals surface area contributed by atoms with Crippen LogP contribution in [0.15, 0.2) is 36.5 Å². The van der Waals surface area contributed by atoms with Crippen LogP contribution in [-0.2, 0) is 4.74 Å². The number of hydrogen-bond acceptors (Lipinski definition) is 4. The Labute approximate surface area is 118 Å². The van der Waals surface area contributed by atoms with Gasteiger partial charge in [0.1, 0.15) is 0 Å². The number of nitrogens with zero attached hydrogens (tertiary/aromatic N) is 1. The van der Waals surface area contributed by atoms with E-state index in [1.165, 1.54) is 0 Å². The quantitative estimate of drug-likeness (QED) is 0.897. The van der Waals surface area contributed by atoms with Crippen molar-refractivity contribution in [1.29, 1.82) is 0 Å². The van der Waals surface area contributed by atoms with Gasteiger partial charge in [0.25, 0.3) is 0 Å². The van der Waals surface area contributed by atoms with Crippen LogP contribution >= 0.6 is 0 Å². The van der Waals surface area contributed by atoms with Crippen LogP contribution in [0.2, 0.25) is 0 Å². The van der Waals surface area contributed by atoms with Crippen molar-refractivity contribution in [2.24, 2.45) is 11.1 Å². The molecule has 0 aliphatic carbocycles. The number of pyridine rings is 1. The highest BCUT2D eigenvalue weighted by Gasteiger charge is 2.39. The highest BCUT2D eigenvalue weighted by molar-refractivity contribution is 5.79. The van der Waals surface area contributed by atoms with E-state index in [1.54, 1.807) is 6.20 Å². The van der Waals surface area contributed by atoms with Gasteiger partial charge in [-0.3, -0.25) is 4.98 Å². The second kappa shape index (κ2) is 5.48. The Morgan fingerprint density at radius 2 is 2.30 bits per heavy atom. The van der Waals surface area contributed by atoms with Crippen LogP contribution in [0.5, 0.6) is 0 Å². The summed E-state index contributed by atoms with van der Waals surface area (Å²) in [5.41, 5.74) is 7.40. The summed E-state index contributed by atoms with van der Waals surface area (Å²) in [5, 5.41) is 11.8. The van der Waals surface area contributed by atoms with Crippen LogP contribution in [0.1, 0.15) is 24.5 Å². The first-order chi connectivity index (χ1) is 9.75. The third kappa shape index (κ3) is 2.30. The molecule has 0 saturated carbocycles. The summed E-state index contributed by atoms with van der Waals surface area (Å²) in [6.07, 6.45) is 3.02. The van der Waals surface area contributed by atoms with Crippen molar-refractivity contribution < 1.29 is 9.84 Å². The number of aliphatic hydroxyl groups excluding tert-OH is 1. The second-order valence-corrected chi connectivity index (χ2v) is 5.58. The Kier molecular flexibility index (Phi) is 3.70. The number of nitrogens with two attached hydrogens (primary N) is 1. The lowest BCUT2D eigenvalue weighted by Crippen LogP contribution is -2.43. The van der Waals surface area contributed by atoms with Crippen molar-refractivity contribution in [2.75, 3.05) is 19.8 Å². The minimum absolute atomic E-state index is 0.367. The molecule has 2 aromatic rings. The Bertz CT molecular complexity index is 594. The molecular formula is C16H20N2O2. The average Bonchev–Trinajstić information content (AvgIpc) is 2.54. The van der Waals surface area contributed by atoms with E-state index in [-0.39, 0.29) is 5.41 Å². The monoisotopic (exact) mass is 272 g/mol. The smallest absolute Gasteiger partial charge is 0.0880 e. The molecule has 2 heterocycles. The number of hydrogen-bond donors (Lipinski definition) is 2. The minimum Gasteiger partial charge on any atom is -0.388 e. The zero-order valence-electron chi connectivity index (χ0n) is 11.5. The van der Waals surface area contributed by atoms with Crippen molar-refractivity contribution in [1.82, 2.24) is 4.98 Å². The molecule has 1 aromatic heterocycles. The summed E-state index contributed by atoms with van der Waals surface area (Å²) in [7, 11) is 0. The van der Waals surface area contributed by atoms with Crippen LogP contribution in [0.4, 0.5) is 0 Å². The summed E-state index contributed by atoms with van der Waals surface area (Å²) >= 11 is 0. The maximum absolute atomic E-state index is 10.8. The van der Waals surface area contributed by atoms with Crippen molar-refractivity contribution in [3.05, 3.63) is 42.1 Å². The average molecular weight is 272 g/mol. The molecular weight excluding hydrogens is 252 g/mol. The predicted molar refractivity (Wildman–Crippen MR) is 78.2 cm³/mol. The maximum atomic E-state index is 10.8. The maximum Gasteiger partial charge on any atom is 0.0880 e. The predicted octanol–water partition coefficient (Wildman–Crippen LogP) is 2.02. The molecule has 106 valence electrons. The first kappa shape index (κ1) is 13.5. The van der Waals surface area contributed by atoms with Gasteiger partial charge in [-0.05, 0) is 36.6 Å². The van der Waals surface area contributed by atoms with E-state index >= 15 is 0 Å². The molecule has 1 aliphatic heterocycles. The van der Waals surface area contributed by atoms with Crippen LogP contribution in [0.3, 0.4) is 0 Å². The van der Waals surface area contributed by atoms with Crippen molar-refractivity contribution in [3.63, 3.8) is 0 Å². The molecule has 0 bridgehead atoms. The Morgan fingerprint density at radius 1 is 1.40 bits per heavy atom. The molecule has 1 fully saturated rings. The Hall–Kier alpha value is -1.49. The van der Waals surface area contributed by atoms with Gasteiger partial charge in [-0.2, -0.15) is 0 Å². The normalized spacial score (nSPS) is 24.7. The lowest BCUT2D eigenvalue weighted by molar-refractivity contribution is -0.0781. The molecule has 2 atom stereocenters. The molecule has 4 heteroatoms. The number of ether oxygens (including phenoxy) is 1. The molecule has 4 nitrogen and oxygen atoms in total. The number of fused-ring (bicyclic) bond motifs is 1. The fourth-order valence-corrected chi connectivity index (χ4v) is 2.98. The molecule has 0 radical (unpaired) electrons. The van der Waals surface area contributed by atoms with Gasteiger partial charge in [0.15, 0.2) is 0 Å². The second-order valence-electron chi connectivity index (χ2n) is 5.58. The van der Waals surface area contributed by atoms with E-state index in [1.807, 2.05) is 30.3 Å². The first-order valence-electron chi connectivity index (χ1n) is 7.06. The van der Waals surface area contributed by atoms with Crippen LogP contribution in [0.25, 0.3) is 10.9 Å². The summed E-state index contributed by atoms with van der Waals surface area (Å²) in [6, 6.07) is 9.79. The fraction of sp³-hybridized carbons (Fsp3) is 0.438. The topological polar surface area (TPSA) is 68.4 Å². The number of rotatable bonds is 3. The third-order valence-corrected chi connectivity index (χ3v) is 4.28. The zero-order valence-corrected chi connectivity index (χ0v) is 11.5. The van der Waals surface area contributed by atoms with Gasteiger partial charge >= 0.3 is 0 Å². The molecule has 0 amide bonds. The lowest BCUT2D eigenvalue weighted by Gasteiger charge is -2.40. The summed E-state index contributed by atoms with van der Waals surface area (Å²) in [5.74, 6) is 0. The van der Waals surface area contributed by atoms with E-state index in [0.29, 0.717) is 13.2 Å². The minimum atomic E-state index is -0.600. The number of aromatic nitrogens is 1. The van der Waals surface area contributed by atoms with Crippen molar-refractivity contribution >= 4 is 10.9 Å². The standard InChI is InChI=1S/C16H20N2O2/c17-10-16(6-2-8-20-11-16)15(19)13-4-5-14-12(9-13)3-1-7-18-14/h1,3-5,7,9,15,19H,2,6,8,10-11,17H2. The number of benzene rings is 1. The molecule has 3 N–H and O–H groups in total. The highest BCUT2D eigenvalue weighted by atomic mass is 16.5. The van der Waals surface area contributed by atoms with Gasteiger partial charge in [0.05, 0.1) is 18.2 Å². The van der Waals surface area contributed by atoms with E-state index < -0.39 is 6.10 Å². The molecule has 0 spiro atoms. The molecule has 1 aliphatic rings. The van der Waals surface area contributed by atoms with Gasteiger partial charge in [-0.1, -0.05) is 12.1 Å². The van der Waals surface area contributed by atoms with Crippen LogP contribution in [0, 0.1) is 5.41 Å². The van der Waals surface area contributed by atoms with E-state index in [4.69, 9.17) is 10.5 Å². The van der Waals surface area contributed by atoms with E-state index in [9.17, 15) is 5.11 Å². The first-order valence-corrected chi connectivity index (χ1v) is 7.06. The summed E-state index contributed by atoms with van der Waals surface area (Å²) in [6.45, 7) is 1.71. The molecule has 2 unspecified atom stereocenters. The van der Waals surface area contributed by atoms with Crippen LogP contribution < -0.4 is 5.73 Å².